The number of hydrogen-bond donors (Lipinski definition) is 0. The summed E-state index contributed by atoms with van der Waals surface area (Å²) in [6, 6.07) is 19.6. The summed E-state index contributed by atoms with van der Waals surface area (Å²) in [5.74, 6) is -0.577. The second kappa shape index (κ2) is 8.87. The van der Waals surface area contributed by atoms with Gasteiger partial charge < -0.3 is 9.64 Å². The molecular weight excluding hydrogens is 382 g/mol. The summed E-state index contributed by atoms with van der Waals surface area (Å²) in [6.07, 6.45) is 0. The van der Waals surface area contributed by atoms with Gasteiger partial charge in [-0.25, -0.2) is 4.79 Å². The molecule has 0 saturated heterocycles. The normalized spacial score (nSPS) is 19.2. The quantitative estimate of drug-likeness (QED) is 0.600. The molecule has 0 unspecified atom stereocenters. The number of hydrogen-bond acceptors (Lipinski definition) is 4. The predicted octanol–water partition coefficient (Wildman–Crippen LogP) is 5.05. The molecule has 2 aromatic rings. The van der Waals surface area contributed by atoms with Crippen LogP contribution in [0.15, 0.2) is 76.8 Å². The summed E-state index contributed by atoms with van der Waals surface area (Å²) in [7, 11) is 0. The molecule has 0 fully saturated rings. The van der Waals surface area contributed by atoms with Crippen molar-refractivity contribution in [2.75, 3.05) is 6.61 Å². The average Bonchev–Trinajstić information content (AvgIpc) is 2.92. The molecule has 1 heterocycles. The molecule has 1 aliphatic rings. The zero-order valence-electron chi connectivity index (χ0n) is 17.3. The van der Waals surface area contributed by atoms with Crippen molar-refractivity contribution >= 4 is 23.6 Å². The van der Waals surface area contributed by atoms with Crippen molar-refractivity contribution in [1.82, 2.24) is 4.90 Å². The van der Waals surface area contributed by atoms with Gasteiger partial charge >= 0.3 is 5.97 Å². The van der Waals surface area contributed by atoms with Gasteiger partial charge in [0.2, 0.25) is 5.91 Å². The van der Waals surface area contributed by atoms with Crippen LogP contribution in [0.4, 0.5) is 0 Å². The first kappa shape index (κ1) is 21.2. The Bertz CT molecular complexity index is 908. The first-order valence-electron chi connectivity index (χ1n) is 9.90. The molecule has 29 heavy (non-hydrogen) atoms. The van der Waals surface area contributed by atoms with Crippen LogP contribution in [0.1, 0.15) is 33.3 Å². The molecule has 0 spiro atoms. The van der Waals surface area contributed by atoms with Crippen molar-refractivity contribution in [3.8, 4) is 0 Å². The molecular formula is C24H27NO3S. The highest BCUT2D eigenvalue weighted by Crippen LogP contribution is 2.51. The van der Waals surface area contributed by atoms with Crippen molar-refractivity contribution in [1.29, 1.82) is 0 Å². The first-order chi connectivity index (χ1) is 13.9. The lowest BCUT2D eigenvalue weighted by Crippen LogP contribution is -2.46. The molecule has 0 aliphatic carbocycles. The van der Waals surface area contributed by atoms with Gasteiger partial charge in [0.05, 0.1) is 18.7 Å². The van der Waals surface area contributed by atoms with Crippen LogP contribution < -0.4 is 0 Å². The van der Waals surface area contributed by atoms with Crippen LogP contribution in [0.2, 0.25) is 0 Å². The molecule has 152 valence electrons. The number of thioether (sulfide) groups is 1. The van der Waals surface area contributed by atoms with Gasteiger partial charge in [-0.1, -0.05) is 62.4 Å². The SMILES string of the molecule is CCOC(=O)C1=C(C)N(Cc2ccccc2)C(=O)[C@]1(Sc1ccccc1)C(C)C. The summed E-state index contributed by atoms with van der Waals surface area (Å²) < 4.78 is 4.38. The molecule has 5 heteroatoms. The maximum atomic E-state index is 13.9. The van der Waals surface area contributed by atoms with Gasteiger partial charge in [0.25, 0.3) is 0 Å². The van der Waals surface area contributed by atoms with E-state index in [9.17, 15) is 9.59 Å². The van der Waals surface area contributed by atoms with E-state index in [1.54, 1.807) is 11.8 Å². The van der Waals surface area contributed by atoms with Crippen molar-refractivity contribution in [3.05, 3.63) is 77.5 Å². The molecule has 1 amide bonds. The van der Waals surface area contributed by atoms with E-state index in [1.165, 1.54) is 11.8 Å². The number of nitrogens with zero attached hydrogens (tertiary/aromatic N) is 1. The summed E-state index contributed by atoms with van der Waals surface area (Å²) in [5, 5.41) is 0. The average molecular weight is 410 g/mol. The lowest BCUT2D eigenvalue weighted by atomic mass is 9.87. The minimum absolute atomic E-state index is 0.0641. The minimum Gasteiger partial charge on any atom is -0.463 e. The Morgan fingerprint density at radius 2 is 1.66 bits per heavy atom. The Morgan fingerprint density at radius 1 is 1.07 bits per heavy atom. The van der Waals surface area contributed by atoms with Crippen LogP contribution in [0, 0.1) is 5.92 Å². The van der Waals surface area contributed by atoms with Crippen LogP contribution in [0.3, 0.4) is 0 Å². The fourth-order valence-corrected chi connectivity index (χ4v) is 5.18. The monoisotopic (exact) mass is 409 g/mol. The zero-order valence-corrected chi connectivity index (χ0v) is 18.2. The van der Waals surface area contributed by atoms with Gasteiger partial charge in [-0.05, 0) is 37.5 Å². The van der Waals surface area contributed by atoms with Crippen LogP contribution in [0.5, 0.6) is 0 Å². The molecule has 3 rings (SSSR count). The highest BCUT2D eigenvalue weighted by Gasteiger charge is 2.57. The van der Waals surface area contributed by atoms with Crippen molar-refractivity contribution in [2.24, 2.45) is 5.92 Å². The second-order valence-electron chi connectivity index (χ2n) is 7.36. The fraction of sp³-hybridized carbons (Fsp3) is 0.333. The Morgan fingerprint density at radius 3 is 2.21 bits per heavy atom. The Labute approximate surface area is 176 Å². The number of carbonyl (C=O) groups is 2. The van der Waals surface area contributed by atoms with E-state index in [2.05, 4.69) is 0 Å². The van der Waals surface area contributed by atoms with Crippen molar-refractivity contribution in [2.45, 2.75) is 43.9 Å². The maximum Gasteiger partial charge on any atom is 0.337 e. The number of amides is 1. The molecule has 0 N–H and O–H groups in total. The van der Waals surface area contributed by atoms with Crippen LogP contribution >= 0.6 is 11.8 Å². The summed E-state index contributed by atoms with van der Waals surface area (Å²) in [4.78, 5) is 29.6. The number of benzene rings is 2. The zero-order chi connectivity index (χ0) is 21.0. The lowest BCUT2D eigenvalue weighted by Gasteiger charge is -2.33. The first-order valence-corrected chi connectivity index (χ1v) is 10.7. The van der Waals surface area contributed by atoms with Gasteiger partial charge in [-0.3, -0.25) is 4.79 Å². The molecule has 1 atom stereocenters. The van der Waals surface area contributed by atoms with E-state index in [-0.39, 0.29) is 18.4 Å². The molecule has 0 saturated carbocycles. The van der Waals surface area contributed by atoms with Crippen LogP contribution in [0.25, 0.3) is 0 Å². The third-order valence-electron chi connectivity index (χ3n) is 5.20. The number of allylic oxidation sites excluding steroid dienone is 1. The van der Waals surface area contributed by atoms with E-state index in [1.807, 2.05) is 81.4 Å². The Balaban J connectivity index is 2.11. The Kier molecular flexibility index (Phi) is 6.48. The van der Waals surface area contributed by atoms with Gasteiger partial charge in [0.1, 0.15) is 4.75 Å². The topological polar surface area (TPSA) is 46.6 Å². The van der Waals surface area contributed by atoms with Gasteiger partial charge in [0.15, 0.2) is 0 Å². The molecule has 4 nitrogen and oxygen atoms in total. The van der Waals surface area contributed by atoms with Gasteiger partial charge in [0, 0.05) is 10.6 Å². The van der Waals surface area contributed by atoms with Crippen LogP contribution in [-0.4, -0.2) is 28.1 Å². The fourth-order valence-electron chi connectivity index (χ4n) is 3.75. The standard InChI is InChI=1S/C24H27NO3S/c1-5-28-22(26)21-18(4)25(16-19-12-8-6-9-13-19)23(27)24(21,17(2)3)29-20-14-10-7-11-15-20/h6-15,17H,5,16H2,1-4H3/t24-/m0/s1. The summed E-state index contributed by atoms with van der Waals surface area (Å²) >= 11 is 1.45. The largest absolute Gasteiger partial charge is 0.463 e. The molecule has 0 aromatic heterocycles. The third-order valence-corrected chi connectivity index (χ3v) is 6.88. The number of esters is 1. The van der Waals surface area contributed by atoms with E-state index in [0.29, 0.717) is 17.8 Å². The van der Waals surface area contributed by atoms with Gasteiger partial charge in [-0.15, -0.1) is 11.8 Å². The molecule has 0 bridgehead atoms. The van der Waals surface area contributed by atoms with Crippen molar-refractivity contribution < 1.29 is 14.3 Å². The Hall–Kier alpha value is -2.53. The second-order valence-corrected chi connectivity index (χ2v) is 8.68. The van der Waals surface area contributed by atoms with E-state index in [4.69, 9.17) is 4.74 Å². The highest BCUT2D eigenvalue weighted by atomic mass is 32.2. The highest BCUT2D eigenvalue weighted by molar-refractivity contribution is 8.01. The number of carbonyl (C=O) groups excluding carboxylic acids is 2. The number of rotatable bonds is 7. The molecule has 0 radical (unpaired) electrons. The summed E-state index contributed by atoms with van der Waals surface area (Å²) in [5.41, 5.74) is 2.16. The molecule has 2 aromatic carbocycles. The third kappa shape index (κ3) is 3.97. The maximum absolute atomic E-state index is 13.9. The molecule has 1 aliphatic heterocycles. The van der Waals surface area contributed by atoms with E-state index < -0.39 is 10.7 Å². The van der Waals surface area contributed by atoms with Crippen molar-refractivity contribution in [3.63, 3.8) is 0 Å². The van der Waals surface area contributed by atoms with Crippen LogP contribution in [-0.2, 0) is 20.9 Å². The number of ether oxygens (including phenoxy) is 1. The predicted molar refractivity (Wildman–Crippen MR) is 116 cm³/mol. The van der Waals surface area contributed by atoms with E-state index in [0.717, 1.165) is 10.5 Å². The van der Waals surface area contributed by atoms with Gasteiger partial charge in [-0.2, -0.15) is 0 Å². The summed E-state index contributed by atoms with van der Waals surface area (Å²) in [6.45, 7) is 8.32. The van der Waals surface area contributed by atoms with E-state index >= 15 is 0 Å². The smallest absolute Gasteiger partial charge is 0.337 e. The lowest BCUT2D eigenvalue weighted by molar-refractivity contribution is -0.140. The minimum atomic E-state index is -1.02.